The van der Waals surface area contributed by atoms with Crippen LogP contribution >= 0.6 is 0 Å². The Bertz CT molecular complexity index is 1040. The third kappa shape index (κ3) is 2.52. The third-order valence-corrected chi connectivity index (χ3v) is 4.06. The van der Waals surface area contributed by atoms with Crippen LogP contribution in [0.2, 0.25) is 0 Å². The molecule has 2 aromatic carbocycles. The molecular formula is C19H13F2N3O. The summed E-state index contributed by atoms with van der Waals surface area (Å²) in [6, 6.07) is 10.5. The molecule has 0 amide bonds. The molecule has 0 spiro atoms. The van der Waals surface area contributed by atoms with Crippen molar-refractivity contribution >= 4 is 11.5 Å². The molecule has 124 valence electrons. The molecule has 0 aliphatic carbocycles. The molecule has 2 heterocycles. The molecule has 0 radical (unpaired) electrons. The molecule has 0 unspecified atom stereocenters. The zero-order chi connectivity index (χ0) is 17.6. The fourth-order valence-electron chi connectivity index (χ4n) is 2.90. The monoisotopic (exact) mass is 337 g/mol. The van der Waals surface area contributed by atoms with Gasteiger partial charge in [-0.05, 0) is 30.3 Å². The van der Waals surface area contributed by atoms with Crippen LogP contribution in [0.15, 0.2) is 60.2 Å². The van der Waals surface area contributed by atoms with Gasteiger partial charge >= 0.3 is 0 Å². The van der Waals surface area contributed by atoms with Gasteiger partial charge in [0, 0.05) is 17.3 Å². The number of aliphatic imine (C=N–C) groups is 1. The molecule has 1 aliphatic heterocycles. The van der Waals surface area contributed by atoms with Crippen molar-refractivity contribution in [2.75, 3.05) is 0 Å². The van der Waals surface area contributed by atoms with Crippen molar-refractivity contribution < 1.29 is 13.9 Å². The average molecular weight is 337 g/mol. The van der Waals surface area contributed by atoms with Crippen molar-refractivity contribution in [2.24, 2.45) is 4.99 Å². The number of benzene rings is 2. The van der Waals surface area contributed by atoms with Gasteiger partial charge in [0.05, 0.1) is 17.9 Å². The first-order valence-corrected chi connectivity index (χ1v) is 7.61. The number of aromatic nitrogens is 2. The number of fused-ring (bicyclic) bond motifs is 3. The van der Waals surface area contributed by atoms with Gasteiger partial charge in [0.1, 0.15) is 28.9 Å². The van der Waals surface area contributed by atoms with Crippen LogP contribution < -0.4 is 0 Å². The quantitative estimate of drug-likeness (QED) is 0.718. The van der Waals surface area contributed by atoms with E-state index >= 15 is 0 Å². The Morgan fingerprint density at radius 1 is 1.12 bits per heavy atom. The van der Waals surface area contributed by atoms with E-state index in [0.717, 1.165) is 0 Å². The number of aliphatic hydroxyl groups excluding tert-OH is 1. The Balaban J connectivity index is 1.98. The summed E-state index contributed by atoms with van der Waals surface area (Å²) in [6.07, 6.45) is 1.61. The molecule has 0 saturated carbocycles. The van der Waals surface area contributed by atoms with E-state index in [1.807, 2.05) is 0 Å². The number of hydrogen-bond acceptors (Lipinski definition) is 3. The van der Waals surface area contributed by atoms with Crippen molar-refractivity contribution in [3.8, 4) is 5.69 Å². The van der Waals surface area contributed by atoms with Crippen LogP contribution in [0.25, 0.3) is 11.4 Å². The zero-order valence-electron chi connectivity index (χ0n) is 13.1. The largest absolute Gasteiger partial charge is 0.506 e. The first kappa shape index (κ1) is 15.3. The number of hydrogen-bond donors (Lipinski definition) is 1. The van der Waals surface area contributed by atoms with Crippen LogP contribution in [0.3, 0.4) is 0 Å². The van der Waals surface area contributed by atoms with Gasteiger partial charge in [0.25, 0.3) is 0 Å². The van der Waals surface area contributed by atoms with Crippen molar-refractivity contribution in [2.45, 2.75) is 6.54 Å². The minimum atomic E-state index is -0.446. The fourth-order valence-corrected chi connectivity index (χ4v) is 2.90. The summed E-state index contributed by atoms with van der Waals surface area (Å²) < 4.78 is 29.9. The predicted octanol–water partition coefficient (Wildman–Crippen LogP) is 4.03. The second-order valence-electron chi connectivity index (χ2n) is 5.67. The van der Waals surface area contributed by atoms with Gasteiger partial charge < -0.3 is 9.67 Å². The molecule has 4 rings (SSSR count). The molecular weight excluding hydrogens is 324 g/mol. The number of imidazole rings is 1. The Morgan fingerprint density at radius 2 is 1.92 bits per heavy atom. The molecule has 6 heteroatoms. The number of rotatable bonds is 2. The highest BCUT2D eigenvalue weighted by Gasteiger charge is 2.23. The van der Waals surface area contributed by atoms with Gasteiger partial charge in [-0.15, -0.1) is 0 Å². The second-order valence-corrected chi connectivity index (χ2v) is 5.67. The summed E-state index contributed by atoms with van der Waals surface area (Å²) in [5.41, 5.74) is 2.04. The highest BCUT2D eigenvalue weighted by molar-refractivity contribution is 6.15. The Hall–Kier alpha value is -3.28. The van der Waals surface area contributed by atoms with E-state index in [1.165, 1.54) is 18.2 Å². The van der Waals surface area contributed by atoms with Gasteiger partial charge in [0.15, 0.2) is 0 Å². The predicted molar refractivity (Wildman–Crippen MR) is 90.9 cm³/mol. The molecule has 1 aliphatic rings. The topological polar surface area (TPSA) is 50.4 Å². The minimum absolute atomic E-state index is 0.160. The zero-order valence-corrected chi connectivity index (χ0v) is 13.1. The van der Waals surface area contributed by atoms with Crippen molar-refractivity contribution in [1.82, 2.24) is 9.55 Å². The molecule has 4 nitrogen and oxygen atoms in total. The van der Waals surface area contributed by atoms with E-state index in [4.69, 9.17) is 0 Å². The average Bonchev–Trinajstić information content (AvgIpc) is 2.95. The summed E-state index contributed by atoms with van der Waals surface area (Å²) >= 11 is 0. The number of aliphatic hydroxyl groups is 1. The fraction of sp³-hybridized carbons (Fsp3) is 0.0526. The van der Waals surface area contributed by atoms with E-state index < -0.39 is 11.6 Å². The molecule has 0 fully saturated rings. The minimum Gasteiger partial charge on any atom is -0.506 e. The highest BCUT2D eigenvalue weighted by atomic mass is 19.1. The van der Waals surface area contributed by atoms with Crippen LogP contribution in [0.1, 0.15) is 22.6 Å². The van der Waals surface area contributed by atoms with Crippen LogP contribution in [-0.4, -0.2) is 20.4 Å². The van der Waals surface area contributed by atoms with Crippen molar-refractivity contribution in [3.63, 3.8) is 0 Å². The second kappa shape index (κ2) is 5.66. The molecule has 1 N–H and O–H groups in total. The van der Waals surface area contributed by atoms with Gasteiger partial charge in [0.2, 0.25) is 0 Å². The summed E-state index contributed by atoms with van der Waals surface area (Å²) in [5, 5.41) is 9.59. The lowest BCUT2D eigenvalue weighted by molar-refractivity contribution is 0.511. The Kier molecular flexibility index (Phi) is 3.46. The van der Waals surface area contributed by atoms with Crippen LogP contribution in [0.5, 0.6) is 0 Å². The van der Waals surface area contributed by atoms with Crippen LogP contribution in [-0.2, 0) is 6.54 Å². The number of nitrogens with zero attached hydrogens (tertiary/aromatic N) is 3. The van der Waals surface area contributed by atoms with Crippen molar-refractivity contribution in [1.29, 1.82) is 0 Å². The highest BCUT2D eigenvalue weighted by Crippen LogP contribution is 2.27. The molecule has 0 bridgehead atoms. The summed E-state index contributed by atoms with van der Waals surface area (Å²) in [6.45, 7) is 3.63. The smallest absolute Gasteiger partial charge is 0.135 e. The van der Waals surface area contributed by atoms with Gasteiger partial charge in [-0.2, -0.15) is 0 Å². The van der Waals surface area contributed by atoms with Gasteiger partial charge in [-0.3, -0.25) is 4.99 Å². The van der Waals surface area contributed by atoms with E-state index in [1.54, 1.807) is 35.0 Å². The maximum absolute atomic E-state index is 14.3. The summed E-state index contributed by atoms with van der Waals surface area (Å²) in [4.78, 5) is 8.77. The van der Waals surface area contributed by atoms with Crippen LogP contribution in [0.4, 0.5) is 8.78 Å². The van der Waals surface area contributed by atoms with Crippen molar-refractivity contribution in [3.05, 3.63) is 89.5 Å². The first-order valence-electron chi connectivity index (χ1n) is 7.61. The standard InChI is InChI=1S/C19H13F2N3O/c1-11(25)16-10-24-17-7-6-12(20)8-14(17)19(22-9-18(24)23-16)13-4-2-3-5-15(13)21/h2-8,10,25H,1,9H2. The van der Waals surface area contributed by atoms with E-state index in [-0.39, 0.29) is 12.3 Å². The molecule has 0 saturated heterocycles. The summed E-state index contributed by atoms with van der Waals surface area (Å²) in [7, 11) is 0. The van der Waals surface area contributed by atoms with Gasteiger partial charge in [-0.25, -0.2) is 13.8 Å². The van der Waals surface area contributed by atoms with E-state index in [0.29, 0.717) is 34.0 Å². The molecule has 1 aromatic heterocycles. The lowest BCUT2D eigenvalue weighted by Gasteiger charge is -2.12. The lowest BCUT2D eigenvalue weighted by Crippen LogP contribution is -2.09. The third-order valence-electron chi connectivity index (χ3n) is 4.06. The first-order chi connectivity index (χ1) is 12.0. The molecule has 25 heavy (non-hydrogen) atoms. The molecule has 3 aromatic rings. The Labute approximate surface area is 142 Å². The molecule has 0 atom stereocenters. The summed E-state index contributed by atoms with van der Waals surface area (Å²) in [5.74, 6) is -0.495. The Morgan fingerprint density at radius 3 is 2.68 bits per heavy atom. The van der Waals surface area contributed by atoms with Crippen LogP contribution in [0, 0.1) is 11.6 Å². The normalized spacial score (nSPS) is 12.8. The van der Waals surface area contributed by atoms with E-state index in [2.05, 4.69) is 16.6 Å². The maximum Gasteiger partial charge on any atom is 0.135 e. The van der Waals surface area contributed by atoms with Gasteiger partial charge in [-0.1, -0.05) is 18.7 Å². The SMILES string of the molecule is C=C(O)c1cn2c(n1)CN=C(c1ccccc1F)c1cc(F)ccc1-2. The lowest BCUT2D eigenvalue weighted by atomic mass is 10.00. The number of halogens is 2. The van der Waals surface area contributed by atoms with E-state index in [9.17, 15) is 13.9 Å². The maximum atomic E-state index is 14.3.